The summed E-state index contributed by atoms with van der Waals surface area (Å²) in [6.07, 6.45) is -3.00. The second-order valence-corrected chi connectivity index (χ2v) is 3.89. The first-order chi connectivity index (χ1) is 8.51. The Morgan fingerprint density at radius 1 is 1.39 bits per heavy atom. The maximum absolute atomic E-state index is 11.4. The Morgan fingerprint density at radius 2 is 2.06 bits per heavy atom. The van der Waals surface area contributed by atoms with E-state index in [4.69, 9.17) is 4.74 Å². The Balaban J connectivity index is 2.98. The van der Waals surface area contributed by atoms with Gasteiger partial charge in [-0.25, -0.2) is 4.79 Å². The number of methoxy groups -OCH3 is 1. The van der Waals surface area contributed by atoms with Crippen LogP contribution in [0.3, 0.4) is 0 Å². The van der Waals surface area contributed by atoms with Crippen molar-refractivity contribution in [2.24, 2.45) is 0 Å². The zero-order valence-electron chi connectivity index (χ0n) is 10.7. The van der Waals surface area contributed by atoms with Gasteiger partial charge in [0.25, 0.3) is 0 Å². The van der Waals surface area contributed by atoms with Crippen molar-refractivity contribution in [1.82, 2.24) is 0 Å². The number of esters is 1. The van der Waals surface area contributed by atoms with Gasteiger partial charge in [-0.3, -0.25) is 0 Å². The van der Waals surface area contributed by atoms with Crippen molar-refractivity contribution in [2.45, 2.75) is 26.1 Å². The van der Waals surface area contributed by atoms with Crippen LogP contribution in [0.25, 0.3) is 0 Å². The summed E-state index contributed by atoms with van der Waals surface area (Å²) < 4.78 is 9.75. The molecule has 5 nitrogen and oxygen atoms in total. The molecule has 2 N–H and O–H groups in total. The largest absolute Gasteiger partial charge is 0.496 e. The summed E-state index contributed by atoms with van der Waals surface area (Å²) in [7, 11) is 1.46. The summed E-state index contributed by atoms with van der Waals surface area (Å²) in [6.45, 7) is 3.62. The third-order valence-electron chi connectivity index (χ3n) is 2.53. The van der Waals surface area contributed by atoms with E-state index in [-0.39, 0.29) is 6.61 Å². The number of hydrogen-bond donors (Lipinski definition) is 2. The van der Waals surface area contributed by atoms with Crippen molar-refractivity contribution in [3.05, 3.63) is 29.3 Å². The summed E-state index contributed by atoms with van der Waals surface area (Å²) >= 11 is 0. The van der Waals surface area contributed by atoms with Crippen molar-refractivity contribution in [3.8, 4) is 5.75 Å². The molecule has 5 heteroatoms. The zero-order chi connectivity index (χ0) is 13.7. The van der Waals surface area contributed by atoms with Gasteiger partial charge in [-0.05, 0) is 26.0 Å². The Morgan fingerprint density at radius 3 is 2.61 bits per heavy atom. The number of rotatable bonds is 5. The highest BCUT2D eigenvalue weighted by atomic mass is 16.5. The molecular weight excluding hydrogens is 236 g/mol. The minimum atomic E-state index is -1.62. The van der Waals surface area contributed by atoms with Gasteiger partial charge < -0.3 is 19.7 Å². The van der Waals surface area contributed by atoms with Gasteiger partial charge in [0.2, 0.25) is 0 Å². The molecule has 2 unspecified atom stereocenters. The number of ether oxygens (including phenoxy) is 2. The lowest BCUT2D eigenvalue weighted by molar-refractivity contribution is -0.159. The predicted molar refractivity (Wildman–Crippen MR) is 65.3 cm³/mol. The molecule has 0 aliphatic carbocycles. The molecule has 1 aromatic rings. The Hall–Kier alpha value is -1.59. The molecular formula is C13H18O5. The zero-order valence-corrected chi connectivity index (χ0v) is 10.7. The fourth-order valence-electron chi connectivity index (χ4n) is 1.61. The van der Waals surface area contributed by atoms with E-state index in [9.17, 15) is 15.0 Å². The van der Waals surface area contributed by atoms with Crippen LogP contribution in [0.5, 0.6) is 5.75 Å². The van der Waals surface area contributed by atoms with Crippen molar-refractivity contribution in [2.75, 3.05) is 13.7 Å². The van der Waals surface area contributed by atoms with Crippen molar-refractivity contribution >= 4 is 5.97 Å². The highest BCUT2D eigenvalue weighted by Crippen LogP contribution is 2.28. The quantitative estimate of drug-likeness (QED) is 0.765. The smallest absolute Gasteiger partial charge is 0.338 e. The molecule has 0 radical (unpaired) electrons. The SMILES string of the molecule is CCOC(=O)C(O)C(O)c1cc(C)ccc1OC. The van der Waals surface area contributed by atoms with Crippen LogP contribution in [0, 0.1) is 6.92 Å². The Labute approximate surface area is 106 Å². The Kier molecular flexibility index (Phi) is 5.12. The van der Waals surface area contributed by atoms with E-state index < -0.39 is 18.2 Å². The predicted octanol–water partition coefficient (Wildman–Crippen LogP) is 0.961. The third-order valence-corrected chi connectivity index (χ3v) is 2.53. The molecule has 0 amide bonds. The number of carbonyl (C=O) groups excluding carboxylic acids is 1. The fraction of sp³-hybridized carbons (Fsp3) is 0.462. The van der Waals surface area contributed by atoms with Gasteiger partial charge in [0.05, 0.1) is 13.7 Å². The minimum Gasteiger partial charge on any atom is -0.496 e. The van der Waals surface area contributed by atoms with E-state index in [0.29, 0.717) is 11.3 Å². The third kappa shape index (κ3) is 3.21. The van der Waals surface area contributed by atoms with Crippen LogP contribution >= 0.6 is 0 Å². The molecule has 1 rings (SSSR count). The van der Waals surface area contributed by atoms with E-state index in [1.54, 1.807) is 19.1 Å². The summed E-state index contributed by atoms with van der Waals surface area (Å²) in [4.78, 5) is 11.4. The monoisotopic (exact) mass is 254 g/mol. The average molecular weight is 254 g/mol. The van der Waals surface area contributed by atoms with E-state index in [1.807, 2.05) is 13.0 Å². The summed E-state index contributed by atoms with van der Waals surface area (Å²) in [6, 6.07) is 5.14. The first-order valence-electron chi connectivity index (χ1n) is 5.68. The molecule has 0 saturated carbocycles. The molecule has 0 aliphatic heterocycles. The maximum atomic E-state index is 11.4. The van der Waals surface area contributed by atoms with Gasteiger partial charge in [-0.2, -0.15) is 0 Å². The molecule has 0 saturated heterocycles. The van der Waals surface area contributed by atoms with E-state index >= 15 is 0 Å². The molecule has 0 aromatic heterocycles. The van der Waals surface area contributed by atoms with E-state index in [0.717, 1.165) is 5.56 Å². The molecule has 18 heavy (non-hydrogen) atoms. The van der Waals surface area contributed by atoms with Crippen molar-refractivity contribution in [3.63, 3.8) is 0 Å². The maximum Gasteiger partial charge on any atom is 0.338 e. The molecule has 0 heterocycles. The van der Waals surface area contributed by atoms with Gasteiger partial charge in [0, 0.05) is 5.56 Å². The number of aryl methyl sites for hydroxylation is 1. The Bertz CT molecular complexity index is 416. The fourth-order valence-corrected chi connectivity index (χ4v) is 1.61. The lowest BCUT2D eigenvalue weighted by atomic mass is 10.0. The minimum absolute atomic E-state index is 0.146. The summed E-state index contributed by atoms with van der Waals surface area (Å²) in [5, 5.41) is 19.7. The van der Waals surface area contributed by atoms with Crippen LogP contribution in [0.15, 0.2) is 18.2 Å². The van der Waals surface area contributed by atoms with Gasteiger partial charge in [0.15, 0.2) is 6.10 Å². The molecule has 1 aromatic carbocycles. The number of benzene rings is 1. The highest BCUT2D eigenvalue weighted by molar-refractivity contribution is 5.75. The molecule has 100 valence electrons. The van der Waals surface area contributed by atoms with Crippen LogP contribution in [-0.2, 0) is 9.53 Å². The van der Waals surface area contributed by atoms with Crippen LogP contribution in [0.4, 0.5) is 0 Å². The highest BCUT2D eigenvalue weighted by Gasteiger charge is 2.29. The first-order valence-corrected chi connectivity index (χ1v) is 5.68. The van der Waals surface area contributed by atoms with Crippen LogP contribution in [-0.4, -0.2) is 36.0 Å². The number of hydrogen-bond acceptors (Lipinski definition) is 5. The number of carbonyl (C=O) groups is 1. The average Bonchev–Trinajstić information content (AvgIpc) is 2.37. The lowest BCUT2D eigenvalue weighted by Crippen LogP contribution is -2.30. The van der Waals surface area contributed by atoms with E-state index in [2.05, 4.69) is 4.74 Å². The normalized spacial score (nSPS) is 13.8. The topological polar surface area (TPSA) is 76.0 Å². The van der Waals surface area contributed by atoms with Gasteiger partial charge in [-0.15, -0.1) is 0 Å². The second kappa shape index (κ2) is 6.37. The first kappa shape index (κ1) is 14.5. The van der Waals surface area contributed by atoms with Gasteiger partial charge in [0.1, 0.15) is 11.9 Å². The van der Waals surface area contributed by atoms with Gasteiger partial charge in [-0.1, -0.05) is 11.6 Å². The van der Waals surface area contributed by atoms with E-state index in [1.165, 1.54) is 7.11 Å². The molecule has 2 atom stereocenters. The van der Waals surface area contributed by atoms with Crippen LogP contribution in [0.1, 0.15) is 24.2 Å². The van der Waals surface area contributed by atoms with Crippen LogP contribution < -0.4 is 4.74 Å². The van der Waals surface area contributed by atoms with Crippen molar-refractivity contribution in [1.29, 1.82) is 0 Å². The lowest BCUT2D eigenvalue weighted by Gasteiger charge is -2.19. The molecule has 0 aliphatic rings. The van der Waals surface area contributed by atoms with Crippen LogP contribution in [0.2, 0.25) is 0 Å². The second-order valence-electron chi connectivity index (χ2n) is 3.89. The van der Waals surface area contributed by atoms with Gasteiger partial charge >= 0.3 is 5.97 Å². The number of aliphatic hydroxyl groups is 2. The summed E-state index contributed by atoms with van der Waals surface area (Å²) in [5.41, 5.74) is 1.25. The molecule has 0 spiro atoms. The van der Waals surface area contributed by atoms with Crippen molar-refractivity contribution < 1.29 is 24.5 Å². The molecule has 0 fully saturated rings. The summed E-state index contributed by atoms with van der Waals surface area (Å²) in [5.74, 6) is -0.440. The molecule has 0 bridgehead atoms. The number of aliphatic hydroxyl groups excluding tert-OH is 2. The standard InChI is InChI=1S/C13H18O5/c1-4-18-13(16)12(15)11(14)9-7-8(2)5-6-10(9)17-3/h5-7,11-12,14-15H,4H2,1-3H3.